The van der Waals surface area contributed by atoms with Crippen molar-refractivity contribution < 1.29 is 27.5 Å². The molecule has 1 amide bonds. The van der Waals surface area contributed by atoms with Crippen molar-refractivity contribution in [2.24, 2.45) is 5.92 Å². The van der Waals surface area contributed by atoms with Gasteiger partial charge >= 0.3 is 5.97 Å². The summed E-state index contributed by atoms with van der Waals surface area (Å²) in [7, 11) is -4.43. The summed E-state index contributed by atoms with van der Waals surface area (Å²) in [6.45, 7) is 5.11. The van der Waals surface area contributed by atoms with Gasteiger partial charge in [0.05, 0.1) is 0 Å². The first kappa shape index (κ1) is 26.4. The molecular weight excluding hydrogens is 492 g/mol. The zero-order valence-electron chi connectivity index (χ0n) is 20.9. The number of aryl methyl sites for hydroxylation is 1. The number of hydrogen-bond acceptors (Lipinski definition) is 5. The van der Waals surface area contributed by atoms with Crippen LogP contribution in [0.15, 0.2) is 77.2 Å². The van der Waals surface area contributed by atoms with Crippen LogP contribution in [0.4, 0.5) is 0 Å². The predicted octanol–water partition coefficient (Wildman–Crippen LogP) is 4.49. The van der Waals surface area contributed by atoms with Crippen LogP contribution in [0.1, 0.15) is 48.9 Å². The van der Waals surface area contributed by atoms with Gasteiger partial charge < -0.3 is 14.8 Å². The number of carboxylic acid groups (broad SMARTS) is 1. The molecule has 3 N–H and O–H groups in total. The van der Waals surface area contributed by atoms with Crippen molar-refractivity contribution in [3.63, 3.8) is 0 Å². The summed E-state index contributed by atoms with van der Waals surface area (Å²) >= 11 is 0. The lowest BCUT2D eigenvalue weighted by molar-refractivity contribution is -0.140. The van der Waals surface area contributed by atoms with Crippen molar-refractivity contribution in [3.05, 3.63) is 89.7 Å². The molecule has 3 aromatic rings. The fraction of sp³-hybridized carbons (Fsp3) is 0.286. The number of furan rings is 1. The average molecular weight is 523 g/mol. The van der Waals surface area contributed by atoms with Crippen molar-refractivity contribution in [1.82, 2.24) is 10.0 Å². The van der Waals surface area contributed by atoms with E-state index in [9.17, 15) is 23.1 Å². The van der Waals surface area contributed by atoms with E-state index >= 15 is 0 Å². The van der Waals surface area contributed by atoms with Crippen LogP contribution in [0, 0.1) is 5.92 Å². The molecule has 4 rings (SSSR count). The Kier molecular flexibility index (Phi) is 7.38. The SMILES string of the molecule is CCc1c(C(=O)NC2(S(=O)(=O)N[C@H](C(=O)O)C(C)C)C=CC(c3ccccc3)=CC2)oc2ccccc12. The Morgan fingerprint density at radius 2 is 1.76 bits per heavy atom. The highest BCUT2D eigenvalue weighted by Crippen LogP contribution is 2.33. The fourth-order valence-electron chi connectivity index (χ4n) is 4.45. The summed E-state index contributed by atoms with van der Waals surface area (Å²) in [5.74, 6) is -2.49. The van der Waals surface area contributed by atoms with Crippen molar-refractivity contribution in [1.29, 1.82) is 0 Å². The van der Waals surface area contributed by atoms with Crippen LogP contribution in [0.5, 0.6) is 0 Å². The molecule has 8 nitrogen and oxygen atoms in total. The number of carbonyl (C=O) groups excluding carboxylic acids is 1. The molecule has 0 fully saturated rings. The zero-order valence-corrected chi connectivity index (χ0v) is 21.7. The highest BCUT2D eigenvalue weighted by atomic mass is 32.2. The lowest BCUT2D eigenvalue weighted by Gasteiger charge is -2.34. The van der Waals surface area contributed by atoms with E-state index in [-0.39, 0.29) is 12.2 Å². The Morgan fingerprint density at radius 1 is 1.08 bits per heavy atom. The van der Waals surface area contributed by atoms with Gasteiger partial charge in [-0.3, -0.25) is 9.59 Å². The summed E-state index contributed by atoms with van der Waals surface area (Å²) in [6.07, 6.45) is 5.15. The first-order valence-corrected chi connectivity index (χ1v) is 13.6. The van der Waals surface area contributed by atoms with Gasteiger partial charge in [-0.05, 0) is 35.6 Å². The molecule has 9 heteroatoms. The average Bonchev–Trinajstić information content (AvgIpc) is 3.27. The Balaban J connectivity index is 1.75. The molecule has 0 saturated carbocycles. The molecule has 37 heavy (non-hydrogen) atoms. The fourth-order valence-corrected chi connectivity index (χ4v) is 6.15. The number of fused-ring (bicyclic) bond motifs is 1. The van der Waals surface area contributed by atoms with Crippen LogP contribution in [0.2, 0.25) is 0 Å². The molecule has 2 atom stereocenters. The van der Waals surface area contributed by atoms with E-state index in [0.717, 1.165) is 16.5 Å². The largest absolute Gasteiger partial charge is 0.480 e. The molecule has 1 unspecified atom stereocenters. The van der Waals surface area contributed by atoms with Gasteiger partial charge in [0.1, 0.15) is 11.6 Å². The first-order valence-electron chi connectivity index (χ1n) is 12.1. The number of rotatable bonds is 9. The topological polar surface area (TPSA) is 126 Å². The lowest BCUT2D eigenvalue weighted by atomic mass is 9.96. The van der Waals surface area contributed by atoms with Gasteiger partial charge in [0, 0.05) is 17.4 Å². The minimum Gasteiger partial charge on any atom is -0.480 e. The molecule has 1 aliphatic carbocycles. The van der Waals surface area contributed by atoms with Crippen molar-refractivity contribution in [2.45, 2.75) is 44.5 Å². The molecular formula is C28H30N2O6S. The van der Waals surface area contributed by atoms with Crippen molar-refractivity contribution in [2.75, 3.05) is 0 Å². The third-order valence-corrected chi connectivity index (χ3v) is 8.47. The van der Waals surface area contributed by atoms with Gasteiger partial charge in [-0.1, -0.05) is 81.5 Å². The minimum absolute atomic E-state index is 0.0307. The van der Waals surface area contributed by atoms with E-state index in [0.29, 0.717) is 17.6 Å². The number of amides is 1. The molecule has 1 heterocycles. The molecule has 0 bridgehead atoms. The predicted molar refractivity (Wildman–Crippen MR) is 142 cm³/mol. The van der Waals surface area contributed by atoms with Crippen LogP contribution in [-0.4, -0.2) is 36.3 Å². The number of benzene rings is 2. The summed E-state index contributed by atoms with van der Waals surface area (Å²) < 4.78 is 35.7. The number of carboxylic acids is 1. The van der Waals surface area contributed by atoms with Crippen LogP contribution in [0.25, 0.3) is 16.5 Å². The maximum atomic E-state index is 13.8. The van der Waals surface area contributed by atoms with Crippen LogP contribution >= 0.6 is 0 Å². The summed E-state index contributed by atoms with van der Waals surface area (Å²) in [5, 5.41) is 13.1. The maximum absolute atomic E-state index is 13.8. The van der Waals surface area contributed by atoms with E-state index < -0.39 is 38.7 Å². The number of sulfonamides is 1. The van der Waals surface area contributed by atoms with Gasteiger partial charge in [0.15, 0.2) is 10.6 Å². The zero-order chi connectivity index (χ0) is 26.8. The quantitative estimate of drug-likeness (QED) is 0.380. The maximum Gasteiger partial charge on any atom is 0.321 e. The van der Waals surface area contributed by atoms with E-state index in [1.54, 1.807) is 38.1 Å². The van der Waals surface area contributed by atoms with E-state index in [1.165, 1.54) is 6.08 Å². The molecule has 0 radical (unpaired) electrons. The third kappa shape index (κ3) is 5.10. The second-order valence-electron chi connectivity index (χ2n) is 9.35. The Morgan fingerprint density at radius 3 is 2.35 bits per heavy atom. The van der Waals surface area contributed by atoms with Crippen molar-refractivity contribution >= 4 is 38.4 Å². The molecule has 1 aliphatic rings. The highest BCUT2D eigenvalue weighted by molar-refractivity contribution is 7.91. The van der Waals surface area contributed by atoms with E-state index in [2.05, 4.69) is 10.0 Å². The standard InChI is InChI=1S/C28H30N2O6S/c1-4-21-22-12-8-9-13-23(22)36-25(21)26(31)29-28(37(34,35)30-24(18(2)3)27(32)33)16-14-20(15-17-28)19-10-6-5-7-11-19/h5-16,18,24,30H,4,17H2,1-3H3,(H,29,31)(H,32,33)/t24-,28?/m0/s1. The number of allylic oxidation sites excluding steroid dienone is 2. The molecule has 2 aromatic carbocycles. The smallest absolute Gasteiger partial charge is 0.321 e. The lowest BCUT2D eigenvalue weighted by Crippen LogP contribution is -2.60. The Bertz CT molecular complexity index is 1490. The normalized spacial score (nSPS) is 18.5. The second kappa shape index (κ2) is 10.4. The minimum atomic E-state index is -4.43. The monoisotopic (exact) mass is 522 g/mol. The van der Waals surface area contributed by atoms with Gasteiger partial charge in [0.2, 0.25) is 10.0 Å². The molecule has 0 aliphatic heterocycles. The molecule has 1 aromatic heterocycles. The molecule has 194 valence electrons. The molecule has 0 saturated heterocycles. The summed E-state index contributed by atoms with van der Waals surface area (Å²) in [4.78, 5) is 23.4. The third-order valence-electron chi connectivity index (χ3n) is 6.54. The van der Waals surface area contributed by atoms with Crippen molar-refractivity contribution in [3.8, 4) is 0 Å². The highest BCUT2D eigenvalue weighted by Gasteiger charge is 2.46. The van der Waals surface area contributed by atoms with Crippen LogP contribution < -0.4 is 10.0 Å². The Hall–Kier alpha value is -3.69. The number of nitrogens with one attached hydrogen (secondary N) is 2. The Labute approximate surface area is 216 Å². The van der Waals surface area contributed by atoms with E-state index in [4.69, 9.17) is 4.42 Å². The summed E-state index contributed by atoms with van der Waals surface area (Å²) in [6, 6.07) is 15.3. The first-order chi connectivity index (χ1) is 17.6. The van der Waals surface area contributed by atoms with E-state index in [1.807, 2.05) is 49.4 Å². The van der Waals surface area contributed by atoms with Crippen LogP contribution in [0.3, 0.4) is 0 Å². The number of aliphatic carboxylic acids is 1. The number of hydrogen-bond donors (Lipinski definition) is 3. The van der Waals surface area contributed by atoms with Gasteiger partial charge in [-0.25, -0.2) is 8.42 Å². The number of carbonyl (C=O) groups is 2. The van der Waals surface area contributed by atoms with Crippen LogP contribution in [-0.2, 0) is 21.2 Å². The van der Waals surface area contributed by atoms with Gasteiger partial charge in [-0.15, -0.1) is 0 Å². The van der Waals surface area contributed by atoms with Gasteiger partial charge in [-0.2, -0.15) is 4.72 Å². The second-order valence-corrected chi connectivity index (χ2v) is 11.3. The molecule has 0 spiro atoms. The summed E-state index contributed by atoms with van der Waals surface area (Å²) in [5.41, 5.74) is 2.87. The van der Waals surface area contributed by atoms with Gasteiger partial charge in [0.25, 0.3) is 5.91 Å². The number of para-hydroxylation sites is 1.